The zero-order valence-corrected chi connectivity index (χ0v) is 7.58. The van der Waals surface area contributed by atoms with Gasteiger partial charge in [0.2, 0.25) is 0 Å². The number of hydrogen-bond acceptors (Lipinski definition) is 5. The molecule has 4 nitrogen and oxygen atoms in total. The van der Waals surface area contributed by atoms with Crippen molar-refractivity contribution in [2.75, 3.05) is 6.61 Å². The van der Waals surface area contributed by atoms with Crippen molar-refractivity contribution in [3.8, 4) is 0 Å². The number of nitrogens with zero attached hydrogens (tertiary/aromatic N) is 1. The van der Waals surface area contributed by atoms with E-state index < -0.39 is 12.1 Å². The van der Waals surface area contributed by atoms with E-state index in [1.807, 2.05) is 6.92 Å². The molecule has 0 saturated heterocycles. The van der Waals surface area contributed by atoms with E-state index in [9.17, 15) is 5.11 Å². The number of aryl methyl sites for hydroxylation is 1. The third-order valence-corrected chi connectivity index (χ3v) is 2.53. The zero-order chi connectivity index (χ0) is 9.14. The van der Waals surface area contributed by atoms with Gasteiger partial charge in [0, 0.05) is 6.20 Å². The van der Waals surface area contributed by atoms with Gasteiger partial charge >= 0.3 is 0 Å². The van der Waals surface area contributed by atoms with Crippen LogP contribution in [0.4, 0.5) is 0 Å². The van der Waals surface area contributed by atoms with E-state index in [2.05, 4.69) is 4.98 Å². The summed E-state index contributed by atoms with van der Waals surface area (Å²) in [6.45, 7) is 1.63. The number of thiazole rings is 1. The van der Waals surface area contributed by atoms with Gasteiger partial charge in [-0.3, -0.25) is 0 Å². The topological polar surface area (TPSA) is 79.4 Å². The van der Waals surface area contributed by atoms with Gasteiger partial charge < -0.3 is 15.9 Å². The number of hydrogen-bond donors (Lipinski definition) is 3. The Morgan fingerprint density at radius 1 is 1.75 bits per heavy atom. The van der Waals surface area contributed by atoms with Crippen LogP contribution in [-0.2, 0) is 0 Å². The summed E-state index contributed by atoms with van der Waals surface area (Å²) in [5.74, 6) is 0. The van der Waals surface area contributed by atoms with Crippen molar-refractivity contribution in [1.82, 2.24) is 4.98 Å². The Hall–Kier alpha value is -0.490. The Labute approximate surface area is 74.7 Å². The van der Waals surface area contributed by atoms with E-state index in [0.29, 0.717) is 4.88 Å². The van der Waals surface area contributed by atoms with E-state index in [1.54, 1.807) is 6.20 Å². The Kier molecular flexibility index (Phi) is 3.16. The fourth-order valence-corrected chi connectivity index (χ4v) is 1.67. The average Bonchev–Trinajstić information content (AvgIpc) is 2.49. The molecule has 4 N–H and O–H groups in total. The predicted molar refractivity (Wildman–Crippen MR) is 46.9 cm³/mol. The molecule has 1 aromatic heterocycles. The molecule has 12 heavy (non-hydrogen) atoms. The average molecular weight is 188 g/mol. The molecule has 2 atom stereocenters. The lowest BCUT2D eigenvalue weighted by Crippen LogP contribution is -2.31. The summed E-state index contributed by atoms with van der Waals surface area (Å²) in [5, 5.41) is 19.0. The van der Waals surface area contributed by atoms with Crippen molar-refractivity contribution in [2.45, 2.75) is 19.1 Å². The smallest absolute Gasteiger partial charge is 0.107 e. The van der Waals surface area contributed by atoms with Crippen LogP contribution in [0.25, 0.3) is 0 Å². The molecule has 0 aliphatic rings. The minimum Gasteiger partial charge on any atom is -0.395 e. The van der Waals surface area contributed by atoms with Gasteiger partial charge in [0.1, 0.15) is 6.10 Å². The summed E-state index contributed by atoms with van der Waals surface area (Å²) in [6, 6.07) is -0.621. The van der Waals surface area contributed by atoms with E-state index in [0.717, 1.165) is 5.01 Å². The molecule has 0 aromatic carbocycles. The SMILES string of the molecule is Cc1ncc(C(O)C(N)CO)s1. The second-order valence-corrected chi connectivity index (χ2v) is 3.84. The van der Waals surface area contributed by atoms with Crippen LogP contribution in [-0.4, -0.2) is 27.8 Å². The maximum Gasteiger partial charge on any atom is 0.107 e. The molecule has 0 amide bonds. The first-order chi connectivity index (χ1) is 5.65. The summed E-state index contributed by atoms with van der Waals surface area (Å²) < 4.78 is 0. The van der Waals surface area contributed by atoms with Crippen LogP contribution in [0.5, 0.6) is 0 Å². The van der Waals surface area contributed by atoms with Crippen LogP contribution in [0.15, 0.2) is 6.20 Å². The maximum absolute atomic E-state index is 9.49. The van der Waals surface area contributed by atoms with Gasteiger partial charge in [-0.25, -0.2) is 4.98 Å². The summed E-state index contributed by atoms with van der Waals surface area (Å²) in [4.78, 5) is 4.68. The van der Waals surface area contributed by atoms with Crippen LogP contribution in [0.1, 0.15) is 16.0 Å². The zero-order valence-electron chi connectivity index (χ0n) is 6.77. The molecule has 1 rings (SSSR count). The minimum atomic E-state index is -0.804. The third-order valence-electron chi connectivity index (χ3n) is 1.55. The molecule has 0 bridgehead atoms. The van der Waals surface area contributed by atoms with Gasteiger partial charge in [0.25, 0.3) is 0 Å². The first kappa shape index (κ1) is 9.60. The van der Waals surface area contributed by atoms with Gasteiger partial charge in [0.15, 0.2) is 0 Å². The Morgan fingerprint density at radius 2 is 2.42 bits per heavy atom. The molecule has 0 spiro atoms. The summed E-state index contributed by atoms with van der Waals surface area (Å²) in [5.41, 5.74) is 5.44. The first-order valence-corrected chi connectivity index (χ1v) is 4.43. The summed E-state index contributed by atoms with van der Waals surface area (Å²) >= 11 is 1.39. The molecule has 68 valence electrons. The molecule has 1 aromatic rings. The predicted octanol–water partition coefficient (Wildman–Crippen LogP) is -0.195. The summed E-state index contributed by atoms with van der Waals surface area (Å²) in [7, 11) is 0. The van der Waals surface area contributed by atoms with Crippen molar-refractivity contribution in [3.05, 3.63) is 16.1 Å². The lowest BCUT2D eigenvalue weighted by molar-refractivity contribution is 0.112. The van der Waals surface area contributed by atoms with Gasteiger partial charge in [-0.15, -0.1) is 11.3 Å². The maximum atomic E-state index is 9.49. The third kappa shape index (κ3) is 2.01. The molecule has 0 aliphatic heterocycles. The molecule has 0 saturated carbocycles. The molecule has 5 heteroatoms. The van der Waals surface area contributed by atoms with Crippen molar-refractivity contribution >= 4 is 11.3 Å². The van der Waals surface area contributed by atoms with Crippen molar-refractivity contribution in [3.63, 3.8) is 0 Å². The monoisotopic (exact) mass is 188 g/mol. The Bertz CT molecular complexity index is 251. The number of rotatable bonds is 3. The second kappa shape index (κ2) is 3.95. The van der Waals surface area contributed by atoms with Crippen LogP contribution >= 0.6 is 11.3 Å². The Morgan fingerprint density at radius 3 is 2.83 bits per heavy atom. The minimum absolute atomic E-state index is 0.224. The lowest BCUT2D eigenvalue weighted by atomic mass is 10.2. The van der Waals surface area contributed by atoms with E-state index in [4.69, 9.17) is 10.8 Å². The van der Waals surface area contributed by atoms with Gasteiger partial charge in [-0.1, -0.05) is 0 Å². The number of aliphatic hydroxyl groups excluding tert-OH is 2. The number of nitrogens with two attached hydrogens (primary N) is 1. The quantitative estimate of drug-likeness (QED) is 0.614. The van der Waals surface area contributed by atoms with Crippen molar-refractivity contribution in [1.29, 1.82) is 0 Å². The standard InChI is InChI=1S/C7H12N2O2S/c1-4-9-2-6(12-4)7(11)5(8)3-10/h2,5,7,10-11H,3,8H2,1H3. The molecular formula is C7H12N2O2S. The highest BCUT2D eigenvalue weighted by molar-refractivity contribution is 7.11. The highest BCUT2D eigenvalue weighted by Crippen LogP contribution is 2.21. The number of aromatic nitrogens is 1. The molecular weight excluding hydrogens is 176 g/mol. The normalized spacial score (nSPS) is 16.0. The van der Waals surface area contributed by atoms with Gasteiger partial charge in [0.05, 0.1) is 22.5 Å². The molecule has 0 aliphatic carbocycles. The lowest BCUT2D eigenvalue weighted by Gasteiger charge is -2.13. The molecule has 0 radical (unpaired) electrons. The van der Waals surface area contributed by atoms with Crippen LogP contribution in [0, 0.1) is 6.92 Å². The van der Waals surface area contributed by atoms with Crippen LogP contribution < -0.4 is 5.73 Å². The Balaban J connectivity index is 2.70. The molecule has 0 fully saturated rings. The van der Waals surface area contributed by atoms with Crippen molar-refractivity contribution < 1.29 is 10.2 Å². The first-order valence-electron chi connectivity index (χ1n) is 3.62. The van der Waals surface area contributed by atoms with E-state index in [-0.39, 0.29) is 6.61 Å². The largest absolute Gasteiger partial charge is 0.395 e. The van der Waals surface area contributed by atoms with E-state index in [1.165, 1.54) is 11.3 Å². The highest BCUT2D eigenvalue weighted by atomic mass is 32.1. The second-order valence-electron chi connectivity index (χ2n) is 2.57. The molecule has 2 unspecified atom stereocenters. The van der Waals surface area contributed by atoms with Gasteiger partial charge in [-0.05, 0) is 6.92 Å². The van der Waals surface area contributed by atoms with Crippen molar-refractivity contribution in [2.24, 2.45) is 5.73 Å². The molecule has 1 heterocycles. The van der Waals surface area contributed by atoms with E-state index >= 15 is 0 Å². The fourth-order valence-electron chi connectivity index (χ4n) is 0.825. The van der Waals surface area contributed by atoms with Crippen LogP contribution in [0.3, 0.4) is 0 Å². The van der Waals surface area contributed by atoms with Gasteiger partial charge in [-0.2, -0.15) is 0 Å². The summed E-state index contributed by atoms with van der Waals surface area (Å²) in [6.07, 6.45) is 0.779. The highest BCUT2D eigenvalue weighted by Gasteiger charge is 2.17. The van der Waals surface area contributed by atoms with Crippen LogP contribution in [0.2, 0.25) is 0 Å². The number of aliphatic hydroxyl groups is 2. The fraction of sp³-hybridized carbons (Fsp3) is 0.571.